The molecule has 0 aromatic carbocycles. The quantitative estimate of drug-likeness (QED) is 0.603. The minimum Gasteiger partial charge on any atom is -0.305 e. The molecule has 0 spiro atoms. The molecule has 0 saturated heterocycles. The molecular formula is C13H25NO. The summed E-state index contributed by atoms with van der Waals surface area (Å²) in [6.45, 7) is 8.63. The molecule has 15 heavy (non-hydrogen) atoms. The van der Waals surface area contributed by atoms with Crippen molar-refractivity contribution in [3.05, 3.63) is 0 Å². The van der Waals surface area contributed by atoms with Gasteiger partial charge in [0.25, 0.3) is 0 Å². The Balaban J connectivity index is 2.39. The number of hydrogen-bond donors (Lipinski definition) is 0. The van der Waals surface area contributed by atoms with Crippen LogP contribution in [0.15, 0.2) is 0 Å². The molecule has 1 aliphatic rings. The van der Waals surface area contributed by atoms with Crippen LogP contribution < -0.4 is 0 Å². The number of carbonyl (C=O) groups excluding carboxylic acids is 1. The van der Waals surface area contributed by atoms with Gasteiger partial charge in [-0.25, -0.2) is 0 Å². The highest BCUT2D eigenvalue weighted by Crippen LogP contribution is 2.38. The Morgan fingerprint density at radius 2 is 1.93 bits per heavy atom. The number of nitrogens with zero attached hydrogens (tertiary/aromatic N) is 1. The van der Waals surface area contributed by atoms with Crippen molar-refractivity contribution in [1.29, 1.82) is 0 Å². The summed E-state index contributed by atoms with van der Waals surface area (Å²) in [7, 11) is 2.15. The molecule has 0 N–H and O–H groups in total. The van der Waals surface area contributed by atoms with E-state index < -0.39 is 0 Å². The van der Waals surface area contributed by atoms with Gasteiger partial charge in [-0.15, -0.1) is 0 Å². The summed E-state index contributed by atoms with van der Waals surface area (Å²) < 4.78 is 0. The van der Waals surface area contributed by atoms with Gasteiger partial charge in [-0.3, -0.25) is 0 Å². The second-order valence-electron chi connectivity index (χ2n) is 5.36. The van der Waals surface area contributed by atoms with Gasteiger partial charge in [0.2, 0.25) is 0 Å². The Morgan fingerprint density at radius 1 is 1.40 bits per heavy atom. The summed E-state index contributed by atoms with van der Waals surface area (Å²) in [5, 5.41) is 0. The molecular weight excluding hydrogens is 186 g/mol. The lowest BCUT2D eigenvalue weighted by Gasteiger charge is -2.30. The molecule has 0 amide bonds. The van der Waals surface area contributed by atoms with Gasteiger partial charge >= 0.3 is 0 Å². The predicted octanol–water partition coefficient (Wildman–Crippen LogP) is 2.58. The molecule has 0 heterocycles. The van der Waals surface area contributed by atoms with Crippen molar-refractivity contribution in [2.24, 2.45) is 17.3 Å². The monoisotopic (exact) mass is 211 g/mol. The third-order valence-corrected chi connectivity index (χ3v) is 4.07. The highest BCUT2D eigenvalue weighted by molar-refractivity contribution is 5.59. The predicted molar refractivity (Wildman–Crippen MR) is 63.8 cm³/mol. The van der Waals surface area contributed by atoms with E-state index in [-0.39, 0.29) is 5.41 Å². The fourth-order valence-corrected chi connectivity index (χ4v) is 2.33. The van der Waals surface area contributed by atoms with Gasteiger partial charge in [0.1, 0.15) is 6.29 Å². The molecule has 1 saturated carbocycles. The lowest BCUT2D eigenvalue weighted by atomic mass is 9.83. The summed E-state index contributed by atoms with van der Waals surface area (Å²) in [6.07, 6.45) is 4.45. The summed E-state index contributed by atoms with van der Waals surface area (Å²) in [5.74, 6) is 1.79. The van der Waals surface area contributed by atoms with E-state index in [2.05, 4.69) is 32.7 Å². The molecule has 1 rings (SSSR count). The van der Waals surface area contributed by atoms with E-state index >= 15 is 0 Å². The number of rotatable bonds is 7. The minimum atomic E-state index is -0.104. The van der Waals surface area contributed by atoms with Gasteiger partial charge in [-0.2, -0.15) is 0 Å². The third-order valence-electron chi connectivity index (χ3n) is 4.07. The lowest BCUT2D eigenvalue weighted by molar-refractivity contribution is -0.117. The Kier molecular flexibility index (Phi) is 4.32. The van der Waals surface area contributed by atoms with Gasteiger partial charge in [-0.1, -0.05) is 20.8 Å². The molecule has 0 aromatic heterocycles. The third kappa shape index (κ3) is 3.30. The summed E-state index contributed by atoms with van der Waals surface area (Å²) in [5.41, 5.74) is -0.104. The van der Waals surface area contributed by atoms with Crippen molar-refractivity contribution in [3.63, 3.8) is 0 Å². The Morgan fingerprint density at radius 3 is 2.27 bits per heavy atom. The fraction of sp³-hybridized carbons (Fsp3) is 0.923. The average molecular weight is 211 g/mol. The molecule has 1 fully saturated rings. The largest absolute Gasteiger partial charge is 0.305 e. The molecule has 0 radical (unpaired) electrons. The SMILES string of the molecule is CCC(C=O)(CC)CN(C)CC1CC1C. The topological polar surface area (TPSA) is 20.3 Å². The van der Waals surface area contributed by atoms with Crippen molar-refractivity contribution in [1.82, 2.24) is 4.90 Å². The number of carbonyl (C=O) groups is 1. The van der Waals surface area contributed by atoms with Gasteiger partial charge in [0.15, 0.2) is 0 Å². The highest BCUT2D eigenvalue weighted by atomic mass is 16.1. The Hall–Kier alpha value is -0.370. The second-order valence-corrected chi connectivity index (χ2v) is 5.36. The van der Waals surface area contributed by atoms with Crippen LogP contribution >= 0.6 is 0 Å². The van der Waals surface area contributed by atoms with Crippen LogP contribution in [0.5, 0.6) is 0 Å². The first-order chi connectivity index (χ1) is 7.06. The van der Waals surface area contributed by atoms with Crippen LogP contribution in [-0.4, -0.2) is 31.3 Å². The standard InChI is InChI=1S/C13H25NO/c1-5-13(6-2,10-15)9-14(4)8-12-7-11(12)3/h10-12H,5-9H2,1-4H3. The van der Waals surface area contributed by atoms with Crippen molar-refractivity contribution < 1.29 is 4.79 Å². The summed E-state index contributed by atoms with van der Waals surface area (Å²) in [4.78, 5) is 13.5. The van der Waals surface area contributed by atoms with Crippen LogP contribution in [0.25, 0.3) is 0 Å². The Bertz CT molecular complexity index is 211. The molecule has 2 heteroatoms. The molecule has 88 valence electrons. The second kappa shape index (κ2) is 5.11. The molecule has 2 unspecified atom stereocenters. The zero-order valence-electron chi connectivity index (χ0n) is 10.6. The van der Waals surface area contributed by atoms with E-state index in [1.807, 2.05) is 0 Å². The normalized spacial score (nSPS) is 25.7. The fourth-order valence-electron chi connectivity index (χ4n) is 2.33. The highest BCUT2D eigenvalue weighted by Gasteiger charge is 2.35. The van der Waals surface area contributed by atoms with Crippen LogP contribution in [0.4, 0.5) is 0 Å². The van der Waals surface area contributed by atoms with E-state index in [9.17, 15) is 4.79 Å². The maximum atomic E-state index is 11.2. The Labute approximate surface area is 94.0 Å². The number of hydrogen-bond acceptors (Lipinski definition) is 2. The maximum Gasteiger partial charge on any atom is 0.127 e. The van der Waals surface area contributed by atoms with Gasteiger partial charge < -0.3 is 9.69 Å². The van der Waals surface area contributed by atoms with E-state index in [1.165, 1.54) is 12.7 Å². The van der Waals surface area contributed by atoms with Crippen molar-refractivity contribution >= 4 is 6.29 Å². The van der Waals surface area contributed by atoms with E-state index in [0.717, 1.165) is 37.8 Å². The summed E-state index contributed by atoms with van der Waals surface area (Å²) >= 11 is 0. The minimum absolute atomic E-state index is 0.104. The molecule has 0 aromatic rings. The molecule has 1 aliphatic carbocycles. The molecule has 0 bridgehead atoms. The van der Waals surface area contributed by atoms with Crippen molar-refractivity contribution in [2.75, 3.05) is 20.1 Å². The first kappa shape index (κ1) is 12.7. The van der Waals surface area contributed by atoms with E-state index in [0.29, 0.717) is 0 Å². The zero-order chi connectivity index (χ0) is 11.5. The van der Waals surface area contributed by atoms with Crippen LogP contribution in [0.2, 0.25) is 0 Å². The first-order valence-electron chi connectivity index (χ1n) is 6.21. The molecule has 2 nitrogen and oxygen atoms in total. The maximum absolute atomic E-state index is 11.2. The first-order valence-corrected chi connectivity index (χ1v) is 6.21. The van der Waals surface area contributed by atoms with Crippen LogP contribution in [-0.2, 0) is 4.79 Å². The molecule has 0 aliphatic heterocycles. The van der Waals surface area contributed by atoms with Gasteiger partial charge in [-0.05, 0) is 38.1 Å². The summed E-state index contributed by atoms with van der Waals surface area (Å²) in [6, 6.07) is 0. The smallest absolute Gasteiger partial charge is 0.127 e. The van der Waals surface area contributed by atoms with Crippen LogP contribution in [0.1, 0.15) is 40.0 Å². The van der Waals surface area contributed by atoms with E-state index in [1.54, 1.807) is 0 Å². The van der Waals surface area contributed by atoms with Gasteiger partial charge in [0, 0.05) is 18.5 Å². The zero-order valence-corrected chi connectivity index (χ0v) is 10.6. The van der Waals surface area contributed by atoms with Crippen LogP contribution in [0.3, 0.4) is 0 Å². The van der Waals surface area contributed by atoms with Gasteiger partial charge in [0.05, 0.1) is 0 Å². The molecule has 2 atom stereocenters. The number of aldehydes is 1. The van der Waals surface area contributed by atoms with Crippen LogP contribution in [0, 0.1) is 17.3 Å². The van der Waals surface area contributed by atoms with E-state index in [4.69, 9.17) is 0 Å². The van der Waals surface area contributed by atoms with Crippen molar-refractivity contribution in [2.45, 2.75) is 40.0 Å². The average Bonchev–Trinajstić information content (AvgIpc) is 2.91. The van der Waals surface area contributed by atoms with Crippen molar-refractivity contribution in [3.8, 4) is 0 Å². The lowest BCUT2D eigenvalue weighted by Crippen LogP contribution is -2.37.